The number of rotatable bonds is 14. The molecule has 0 aromatic carbocycles. The van der Waals surface area contributed by atoms with Crippen LogP contribution in [0.3, 0.4) is 0 Å². The van der Waals surface area contributed by atoms with E-state index in [1.54, 1.807) is 0 Å². The molecule has 1 aliphatic heterocycles. The van der Waals surface area contributed by atoms with Crippen LogP contribution in [0.25, 0.3) is 0 Å². The molecule has 0 saturated carbocycles. The maximum absolute atomic E-state index is 10.6. The van der Waals surface area contributed by atoms with Gasteiger partial charge in [-0.1, -0.05) is 86.0 Å². The number of hydrogen-bond acceptors (Lipinski definition) is 3. The molecule has 1 aliphatic rings. The third kappa shape index (κ3) is 8.85. The summed E-state index contributed by atoms with van der Waals surface area (Å²) in [6.45, 7) is 16.1. The van der Waals surface area contributed by atoms with E-state index < -0.39 is 8.32 Å². The van der Waals surface area contributed by atoms with Crippen LogP contribution in [0.2, 0.25) is 18.1 Å². The van der Waals surface area contributed by atoms with Gasteiger partial charge in [-0.05, 0) is 43.8 Å². The normalized spacial score (nSPS) is 23.1. The number of unbranched alkanes of at least 4 members (excludes halogenated alkanes) is 6. The molecule has 1 N–H and O–H groups in total. The lowest BCUT2D eigenvalue weighted by Crippen LogP contribution is -2.47. The maximum atomic E-state index is 10.6. The summed E-state index contributed by atoms with van der Waals surface area (Å²) in [6.07, 6.45) is 13.9. The van der Waals surface area contributed by atoms with Crippen LogP contribution in [-0.4, -0.2) is 37.8 Å². The van der Waals surface area contributed by atoms with Crippen LogP contribution >= 0.6 is 0 Å². The molecule has 0 aromatic rings. The molecule has 168 valence electrons. The van der Waals surface area contributed by atoms with Gasteiger partial charge in [-0.2, -0.15) is 0 Å². The zero-order valence-corrected chi connectivity index (χ0v) is 21.1. The third-order valence-electron chi connectivity index (χ3n) is 6.88. The van der Waals surface area contributed by atoms with Crippen molar-refractivity contribution < 1.29 is 14.3 Å². The zero-order chi connectivity index (χ0) is 21.2. The fourth-order valence-electron chi connectivity index (χ4n) is 3.86. The Morgan fingerprint density at radius 2 is 1.43 bits per heavy atom. The van der Waals surface area contributed by atoms with Crippen LogP contribution in [0, 0.1) is 0 Å². The van der Waals surface area contributed by atoms with Gasteiger partial charge in [0, 0.05) is 0 Å². The fourth-order valence-corrected chi connectivity index (χ4v) is 5.24. The van der Waals surface area contributed by atoms with E-state index in [1.165, 1.54) is 44.9 Å². The molecule has 0 radical (unpaired) electrons. The molecule has 3 nitrogen and oxygen atoms in total. The highest BCUT2D eigenvalue weighted by Crippen LogP contribution is 2.40. The minimum atomic E-state index is -1.83. The van der Waals surface area contributed by atoms with Crippen molar-refractivity contribution in [2.75, 3.05) is 0 Å². The standard InChI is InChI=1S/C24H50O3Si/c1-8-10-12-14-16-20(25)21-18-19-22(26-21)23(17-15-13-11-9-2)27-28(6,7)24(3,4)5/h20-23,25H,8-19H2,1-7H3/t20-,21+,22+,23+/m0/s1. The Labute approximate surface area is 177 Å². The van der Waals surface area contributed by atoms with Gasteiger partial charge >= 0.3 is 0 Å². The third-order valence-corrected chi connectivity index (χ3v) is 11.4. The summed E-state index contributed by atoms with van der Waals surface area (Å²) in [6, 6.07) is 0. The number of aliphatic hydroxyl groups is 1. The van der Waals surface area contributed by atoms with Crippen molar-refractivity contribution in [1.29, 1.82) is 0 Å². The monoisotopic (exact) mass is 414 g/mol. The second-order valence-corrected chi connectivity index (χ2v) is 15.2. The topological polar surface area (TPSA) is 38.7 Å². The van der Waals surface area contributed by atoms with Gasteiger partial charge in [-0.25, -0.2) is 0 Å². The lowest BCUT2D eigenvalue weighted by Gasteiger charge is -2.41. The molecule has 1 saturated heterocycles. The van der Waals surface area contributed by atoms with E-state index in [0.717, 1.165) is 32.1 Å². The van der Waals surface area contributed by atoms with Gasteiger partial charge in [0.05, 0.1) is 24.4 Å². The molecule has 0 bridgehead atoms. The van der Waals surface area contributed by atoms with E-state index in [4.69, 9.17) is 9.16 Å². The molecule has 1 rings (SSSR count). The Bertz CT molecular complexity index is 405. The Hall–Kier alpha value is 0.0969. The van der Waals surface area contributed by atoms with Gasteiger partial charge in [0.15, 0.2) is 8.32 Å². The first-order valence-corrected chi connectivity index (χ1v) is 15.0. The molecule has 0 spiro atoms. The maximum Gasteiger partial charge on any atom is 0.192 e. The molecular formula is C24H50O3Si. The molecule has 1 fully saturated rings. The van der Waals surface area contributed by atoms with E-state index in [-0.39, 0.29) is 29.5 Å². The molecule has 0 amide bonds. The first-order chi connectivity index (χ1) is 13.1. The highest BCUT2D eigenvalue weighted by Gasteiger charge is 2.43. The summed E-state index contributed by atoms with van der Waals surface area (Å²) in [7, 11) is -1.83. The predicted molar refractivity (Wildman–Crippen MR) is 123 cm³/mol. The summed E-state index contributed by atoms with van der Waals surface area (Å²) >= 11 is 0. The first-order valence-electron chi connectivity index (χ1n) is 12.1. The van der Waals surface area contributed by atoms with Crippen LogP contribution in [-0.2, 0) is 9.16 Å². The number of aliphatic hydroxyl groups excluding tert-OH is 1. The van der Waals surface area contributed by atoms with Crippen molar-refractivity contribution in [3.63, 3.8) is 0 Å². The summed E-state index contributed by atoms with van der Waals surface area (Å²) in [4.78, 5) is 0. The molecular weight excluding hydrogens is 364 g/mol. The SMILES string of the molecule is CCCCCC[C@H](O)[C@H]1CC[C@H]([C@@H](CCCCCC)O[Si](C)(C)C(C)(C)C)O1. The Morgan fingerprint density at radius 1 is 0.893 bits per heavy atom. The van der Waals surface area contributed by atoms with Gasteiger partial charge < -0.3 is 14.3 Å². The summed E-state index contributed by atoms with van der Waals surface area (Å²) < 4.78 is 13.2. The van der Waals surface area contributed by atoms with Crippen LogP contribution in [0.4, 0.5) is 0 Å². The van der Waals surface area contributed by atoms with Crippen molar-refractivity contribution in [3.8, 4) is 0 Å². The van der Waals surface area contributed by atoms with E-state index in [2.05, 4.69) is 47.7 Å². The Morgan fingerprint density at radius 3 is 1.96 bits per heavy atom. The Kier molecular flexibility index (Phi) is 11.9. The molecule has 4 atom stereocenters. The van der Waals surface area contributed by atoms with Crippen molar-refractivity contribution in [1.82, 2.24) is 0 Å². The number of hydrogen-bond donors (Lipinski definition) is 1. The van der Waals surface area contributed by atoms with Gasteiger partial charge in [0.1, 0.15) is 0 Å². The fraction of sp³-hybridized carbons (Fsp3) is 1.00. The van der Waals surface area contributed by atoms with Crippen LogP contribution in [0.1, 0.15) is 112 Å². The molecule has 0 aromatic heterocycles. The molecule has 1 heterocycles. The van der Waals surface area contributed by atoms with Gasteiger partial charge in [-0.3, -0.25) is 0 Å². The lowest BCUT2D eigenvalue weighted by molar-refractivity contribution is -0.0751. The van der Waals surface area contributed by atoms with Gasteiger partial charge in [-0.15, -0.1) is 0 Å². The van der Waals surface area contributed by atoms with E-state index in [9.17, 15) is 5.11 Å². The highest BCUT2D eigenvalue weighted by atomic mass is 28.4. The van der Waals surface area contributed by atoms with Crippen molar-refractivity contribution in [3.05, 3.63) is 0 Å². The average molecular weight is 415 g/mol. The number of ether oxygens (including phenoxy) is 1. The van der Waals surface area contributed by atoms with Crippen molar-refractivity contribution in [2.24, 2.45) is 0 Å². The Balaban J connectivity index is 2.63. The summed E-state index contributed by atoms with van der Waals surface area (Å²) in [5, 5.41) is 10.8. The predicted octanol–water partition coefficient (Wildman–Crippen LogP) is 7.23. The van der Waals surface area contributed by atoms with Crippen LogP contribution < -0.4 is 0 Å². The van der Waals surface area contributed by atoms with E-state index in [0.29, 0.717) is 0 Å². The second-order valence-electron chi connectivity index (χ2n) is 10.5. The van der Waals surface area contributed by atoms with Crippen molar-refractivity contribution in [2.45, 2.75) is 154 Å². The smallest absolute Gasteiger partial charge is 0.192 e. The quantitative estimate of drug-likeness (QED) is 0.241. The van der Waals surface area contributed by atoms with Crippen LogP contribution in [0.15, 0.2) is 0 Å². The molecule has 0 unspecified atom stereocenters. The minimum Gasteiger partial charge on any atom is -0.411 e. The first kappa shape index (κ1) is 26.1. The second kappa shape index (κ2) is 12.7. The molecule has 0 aliphatic carbocycles. The van der Waals surface area contributed by atoms with Crippen LogP contribution in [0.5, 0.6) is 0 Å². The molecule has 28 heavy (non-hydrogen) atoms. The molecule has 4 heteroatoms. The highest BCUT2D eigenvalue weighted by molar-refractivity contribution is 6.74. The van der Waals surface area contributed by atoms with E-state index >= 15 is 0 Å². The average Bonchev–Trinajstić information content (AvgIpc) is 3.10. The largest absolute Gasteiger partial charge is 0.411 e. The van der Waals surface area contributed by atoms with Crippen molar-refractivity contribution >= 4 is 8.32 Å². The minimum absolute atomic E-state index is 0.00721. The van der Waals surface area contributed by atoms with E-state index in [1.807, 2.05) is 0 Å². The van der Waals surface area contributed by atoms with Gasteiger partial charge in [0.2, 0.25) is 0 Å². The lowest BCUT2D eigenvalue weighted by atomic mass is 10.0. The summed E-state index contributed by atoms with van der Waals surface area (Å²) in [5.41, 5.74) is 0. The summed E-state index contributed by atoms with van der Waals surface area (Å²) in [5.74, 6) is 0. The van der Waals surface area contributed by atoms with Gasteiger partial charge in [0.25, 0.3) is 0 Å². The zero-order valence-electron chi connectivity index (χ0n) is 20.1.